The molecule has 0 aromatic heterocycles. The standard InChI is InChI=1S/C15H18O/c1-2-3-4-12-5-7-13(8-6-12)14-9-10-15(16)11-14/h5-9H,2-4,10-11H2,1H3. The maximum Gasteiger partial charge on any atom is 0.141 e. The first-order valence-electron chi connectivity index (χ1n) is 6.09. The highest BCUT2D eigenvalue weighted by Crippen LogP contribution is 2.25. The second kappa shape index (κ2) is 5.11. The number of ketones is 1. The van der Waals surface area contributed by atoms with Crippen molar-refractivity contribution in [3.8, 4) is 0 Å². The molecule has 0 aliphatic heterocycles. The lowest BCUT2D eigenvalue weighted by atomic mass is 10.0. The quantitative estimate of drug-likeness (QED) is 0.745. The fraction of sp³-hybridized carbons (Fsp3) is 0.400. The average molecular weight is 214 g/mol. The second-order valence-corrected chi connectivity index (χ2v) is 4.45. The Morgan fingerprint density at radius 2 is 1.94 bits per heavy atom. The Morgan fingerprint density at radius 1 is 1.19 bits per heavy atom. The van der Waals surface area contributed by atoms with Crippen molar-refractivity contribution in [1.29, 1.82) is 0 Å². The minimum atomic E-state index is 0.338. The molecule has 0 amide bonds. The summed E-state index contributed by atoms with van der Waals surface area (Å²) in [6.07, 6.45) is 6.95. The molecule has 0 bridgehead atoms. The molecule has 0 spiro atoms. The van der Waals surface area contributed by atoms with Crippen molar-refractivity contribution in [1.82, 2.24) is 0 Å². The molecule has 16 heavy (non-hydrogen) atoms. The van der Waals surface area contributed by atoms with Gasteiger partial charge in [-0.15, -0.1) is 0 Å². The first-order chi connectivity index (χ1) is 7.79. The highest BCUT2D eigenvalue weighted by molar-refractivity contribution is 5.96. The van der Waals surface area contributed by atoms with Gasteiger partial charge in [-0.3, -0.25) is 4.79 Å². The van der Waals surface area contributed by atoms with Crippen LogP contribution in [-0.4, -0.2) is 5.78 Å². The van der Waals surface area contributed by atoms with Crippen LogP contribution in [0.15, 0.2) is 30.3 Å². The third-order valence-corrected chi connectivity index (χ3v) is 3.11. The summed E-state index contributed by atoms with van der Waals surface area (Å²) < 4.78 is 0. The number of hydrogen-bond acceptors (Lipinski definition) is 1. The fourth-order valence-corrected chi connectivity index (χ4v) is 2.08. The van der Waals surface area contributed by atoms with Crippen LogP contribution >= 0.6 is 0 Å². The van der Waals surface area contributed by atoms with Crippen LogP contribution in [0.1, 0.15) is 43.7 Å². The van der Waals surface area contributed by atoms with Gasteiger partial charge in [0, 0.05) is 12.8 Å². The van der Waals surface area contributed by atoms with E-state index in [0.29, 0.717) is 18.6 Å². The van der Waals surface area contributed by atoms with Gasteiger partial charge in [0.2, 0.25) is 0 Å². The molecular weight excluding hydrogens is 196 g/mol. The summed E-state index contributed by atoms with van der Waals surface area (Å²) in [4.78, 5) is 11.2. The Morgan fingerprint density at radius 3 is 2.50 bits per heavy atom. The minimum Gasteiger partial charge on any atom is -0.299 e. The number of aryl methyl sites for hydroxylation is 1. The van der Waals surface area contributed by atoms with Crippen LogP contribution in [0.5, 0.6) is 0 Å². The molecule has 0 saturated heterocycles. The summed E-state index contributed by atoms with van der Waals surface area (Å²) in [6, 6.07) is 8.67. The zero-order valence-electron chi connectivity index (χ0n) is 9.83. The summed E-state index contributed by atoms with van der Waals surface area (Å²) in [5, 5.41) is 0. The van der Waals surface area contributed by atoms with Gasteiger partial charge >= 0.3 is 0 Å². The van der Waals surface area contributed by atoms with E-state index in [2.05, 4.69) is 37.3 Å². The monoisotopic (exact) mass is 214 g/mol. The lowest BCUT2D eigenvalue weighted by Gasteiger charge is -2.04. The zero-order chi connectivity index (χ0) is 11.4. The largest absolute Gasteiger partial charge is 0.299 e. The molecule has 2 rings (SSSR count). The zero-order valence-corrected chi connectivity index (χ0v) is 9.83. The summed E-state index contributed by atoms with van der Waals surface area (Å²) in [5.74, 6) is 0.338. The van der Waals surface area contributed by atoms with Gasteiger partial charge < -0.3 is 0 Å². The number of unbranched alkanes of at least 4 members (excludes halogenated alkanes) is 1. The lowest BCUT2D eigenvalue weighted by molar-refractivity contribution is -0.116. The molecule has 0 fully saturated rings. The van der Waals surface area contributed by atoms with E-state index in [0.717, 1.165) is 6.42 Å². The first-order valence-corrected chi connectivity index (χ1v) is 6.09. The third kappa shape index (κ3) is 2.60. The molecule has 0 radical (unpaired) electrons. The number of carbonyl (C=O) groups excluding carboxylic acids is 1. The number of carbonyl (C=O) groups is 1. The number of hydrogen-bond donors (Lipinski definition) is 0. The number of rotatable bonds is 4. The molecular formula is C15H18O. The van der Waals surface area contributed by atoms with E-state index in [4.69, 9.17) is 0 Å². The normalized spacial score (nSPS) is 15.3. The predicted octanol–water partition coefficient (Wildman–Crippen LogP) is 3.78. The first kappa shape index (κ1) is 11.1. The van der Waals surface area contributed by atoms with Crippen LogP contribution in [0.4, 0.5) is 0 Å². The van der Waals surface area contributed by atoms with Crippen molar-refractivity contribution in [2.45, 2.75) is 39.0 Å². The molecule has 0 saturated carbocycles. The van der Waals surface area contributed by atoms with Gasteiger partial charge in [0.15, 0.2) is 0 Å². The number of allylic oxidation sites excluding steroid dienone is 2. The van der Waals surface area contributed by atoms with Gasteiger partial charge in [-0.2, -0.15) is 0 Å². The molecule has 0 N–H and O–H groups in total. The number of Topliss-reactive ketones (excluding diaryl/α,β-unsaturated/α-hetero) is 1. The van der Waals surface area contributed by atoms with Crippen molar-refractivity contribution in [3.63, 3.8) is 0 Å². The summed E-state index contributed by atoms with van der Waals surface area (Å²) in [7, 11) is 0. The average Bonchev–Trinajstić information content (AvgIpc) is 2.74. The molecule has 0 unspecified atom stereocenters. The van der Waals surface area contributed by atoms with Gasteiger partial charge in [0.05, 0.1) is 0 Å². The maximum atomic E-state index is 11.2. The summed E-state index contributed by atoms with van der Waals surface area (Å²) in [6.45, 7) is 2.21. The van der Waals surface area contributed by atoms with Crippen LogP contribution in [0, 0.1) is 0 Å². The van der Waals surface area contributed by atoms with Gasteiger partial charge in [0.1, 0.15) is 5.78 Å². The molecule has 84 valence electrons. The Kier molecular flexibility index (Phi) is 3.55. The van der Waals surface area contributed by atoms with Crippen molar-refractivity contribution in [2.24, 2.45) is 0 Å². The van der Waals surface area contributed by atoms with E-state index in [1.165, 1.54) is 29.5 Å². The van der Waals surface area contributed by atoms with Gasteiger partial charge in [-0.25, -0.2) is 0 Å². The minimum absolute atomic E-state index is 0.338. The molecule has 1 heteroatoms. The van der Waals surface area contributed by atoms with E-state index in [9.17, 15) is 4.79 Å². The lowest BCUT2D eigenvalue weighted by Crippen LogP contribution is -1.90. The van der Waals surface area contributed by atoms with Crippen LogP contribution in [0.3, 0.4) is 0 Å². The predicted molar refractivity (Wildman–Crippen MR) is 67.3 cm³/mol. The molecule has 0 heterocycles. The van der Waals surface area contributed by atoms with E-state index in [-0.39, 0.29) is 0 Å². The highest BCUT2D eigenvalue weighted by Gasteiger charge is 2.13. The van der Waals surface area contributed by atoms with Gasteiger partial charge in [-0.05, 0) is 29.5 Å². The van der Waals surface area contributed by atoms with E-state index < -0.39 is 0 Å². The molecule has 1 aliphatic rings. The molecule has 0 atom stereocenters. The third-order valence-electron chi connectivity index (χ3n) is 3.11. The molecule has 1 aromatic rings. The van der Waals surface area contributed by atoms with Crippen LogP contribution in [-0.2, 0) is 11.2 Å². The van der Waals surface area contributed by atoms with Gasteiger partial charge in [0.25, 0.3) is 0 Å². The Labute approximate surface area is 97.2 Å². The second-order valence-electron chi connectivity index (χ2n) is 4.45. The SMILES string of the molecule is CCCCc1ccc(C2=CCC(=O)C2)cc1. The molecule has 1 aliphatic carbocycles. The van der Waals surface area contributed by atoms with E-state index in [1.807, 2.05) is 0 Å². The van der Waals surface area contributed by atoms with Crippen molar-refractivity contribution in [3.05, 3.63) is 41.5 Å². The van der Waals surface area contributed by atoms with Crippen LogP contribution in [0.2, 0.25) is 0 Å². The number of benzene rings is 1. The fourth-order valence-electron chi connectivity index (χ4n) is 2.08. The van der Waals surface area contributed by atoms with E-state index >= 15 is 0 Å². The maximum absolute atomic E-state index is 11.2. The smallest absolute Gasteiger partial charge is 0.141 e. The van der Waals surface area contributed by atoms with Gasteiger partial charge in [-0.1, -0.05) is 43.7 Å². The highest BCUT2D eigenvalue weighted by atomic mass is 16.1. The van der Waals surface area contributed by atoms with E-state index in [1.54, 1.807) is 0 Å². The summed E-state index contributed by atoms with van der Waals surface area (Å²) in [5.41, 5.74) is 3.81. The van der Waals surface area contributed by atoms with Crippen LogP contribution in [0.25, 0.3) is 5.57 Å². The molecule has 1 nitrogen and oxygen atoms in total. The van der Waals surface area contributed by atoms with Crippen molar-refractivity contribution < 1.29 is 4.79 Å². The Bertz CT molecular complexity index is 398. The van der Waals surface area contributed by atoms with Crippen LogP contribution < -0.4 is 0 Å². The summed E-state index contributed by atoms with van der Waals surface area (Å²) >= 11 is 0. The Hall–Kier alpha value is -1.37. The topological polar surface area (TPSA) is 17.1 Å². The molecule has 1 aromatic carbocycles. The van der Waals surface area contributed by atoms with Crippen molar-refractivity contribution >= 4 is 11.4 Å². The van der Waals surface area contributed by atoms with Crippen molar-refractivity contribution in [2.75, 3.05) is 0 Å². The Balaban J connectivity index is 2.05.